The average Bonchev–Trinajstić information content (AvgIpc) is 2.93. The SMILES string of the molecule is CC(N)C1CCCCN1Cc1nc(N)c2c3c(sc2n1)CCCC3. The van der Waals surface area contributed by atoms with Gasteiger partial charge in [0, 0.05) is 17.0 Å². The molecule has 3 heterocycles. The molecule has 4 N–H and O–H groups in total. The maximum absolute atomic E-state index is 6.34. The average molecular weight is 346 g/mol. The molecular formula is C18H27N5S. The highest BCUT2D eigenvalue weighted by Crippen LogP contribution is 2.37. The zero-order valence-corrected chi connectivity index (χ0v) is 15.2. The summed E-state index contributed by atoms with van der Waals surface area (Å²) in [6, 6.07) is 0.608. The Labute approximate surface area is 147 Å². The Morgan fingerprint density at radius 3 is 2.88 bits per heavy atom. The summed E-state index contributed by atoms with van der Waals surface area (Å²) in [7, 11) is 0. The largest absolute Gasteiger partial charge is 0.383 e. The van der Waals surface area contributed by atoms with Crippen LogP contribution in [0.15, 0.2) is 0 Å². The second kappa shape index (κ2) is 6.58. The Hall–Kier alpha value is -1.24. The lowest BCUT2D eigenvalue weighted by Crippen LogP contribution is -2.48. The van der Waals surface area contributed by atoms with E-state index in [2.05, 4.69) is 16.8 Å². The first-order valence-corrected chi connectivity index (χ1v) is 10.0. The van der Waals surface area contributed by atoms with Gasteiger partial charge in [0.25, 0.3) is 0 Å². The van der Waals surface area contributed by atoms with Crippen molar-refractivity contribution >= 4 is 27.4 Å². The van der Waals surface area contributed by atoms with Crippen LogP contribution >= 0.6 is 11.3 Å². The minimum atomic E-state index is 0.181. The predicted octanol–water partition coefficient (Wildman–Crippen LogP) is 2.85. The van der Waals surface area contributed by atoms with Gasteiger partial charge in [-0.3, -0.25) is 4.90 Å². The molecule has 2 aliphatic rings. The molecular weight excluding hydrogens is 318 g/mol. The Morgan fingerprint density at radius 2 is 2.04 bits per heavy atom. The molecule has 130 valence electrons. The number of aromatic nitrogens is 2. The molecule has 0 amide bonds. The molecule has 1 aliphatic heterocycles. The van der Waals surface area contributed by atoms with E-state index in [1.165, 1.54) is 49.0 Å². The number of piperidine rings is 1. The quantitative estimate of drug-likeness (QED) is 0.894. The maximum Gasteiger partial charge on any atom is 0.146 e. The number of nitrogen functional groups attached to an aromatic ring is 1. The second-order valence-electron chi connectivity index (χ2n) is 7.31. The lowest BCUT2D eigenvalue weighted by molar-refractivity contribution is 0.120. The number of nitrogens with zero attached hydrogens (tertiary/aromatic N) is 3. The van der Waals surface area contributed by atoms with Crippen LogP contribution in [0, 0.1) is 0 Å². The van der Waals surface area contributed by atoms with E-state index in [1.54, 1.807) is 0 Å². The Kier molecular flexibility index (Phi) is 4.45. The van der Waals surface area contributed by atoms with Crippen LogP contribution in [-0.4, -0.2) is 33.5 Å². The van der Waals surface area contributed by atoms with Gasteiger partial charge in [-0.05, 0) is 57.6 Å². The molecule has 2 unspecified atom stereocenters. The summed E-state index contributed by atoms with van der Waals surface area (Å²) in [6.07, 6.45) is 8.50. The molecule has 0 saturated carbocycles. The van der Waals surface area contributed by atoms with Gasteiger partial charge in [0.15, 0.2) is 0 Å². The van der Waals surface area contributed by atoms with Gasteiger partial charge in [0.05, 0.1) is 11.9 Å². The molecule has 4 rings (SSSR count). The lowest BCUT2D eigenvalue weighted by Gasteiger charge is -2.37. The number of anilines is 1. The van der Waals surface area contributed by atoms with Crippen LogP contribution in [0.25, 0.3) is 10.2 Å². The van der Waals surface area contributed by atoms with E-state index in [1.807, 2.05) is 11.3 Å². The highest BCUT2D eigenvalue weighted by atomic mass is 32.1. The summed E-state index contributed by atoms with van der Waals surface area (Å²) in [6.45, 7) is 3.94. The van der Waals surface area contributed by atoms with Gasteiger partial charge >= 0.3 is 0 Å². The Balaban J connectivity index is 1.65. The van der Waals surface area contributed by atoms with Crippen LogP contribution in [0.3, 0.4) is 0 Å². The topological polar surface area (TPSA) is 81.1 Å². The van der Waals surface area contributed by atoms with Crippen molar-refractivity contribution in [1.29, 1.82) is 0 Å². The number of rotatable bonds is 3. The smallest absolute Gasteiger partial charge is 0.146 e. The third kappa shape index (κ3) is 2.91. The lowest BCUT2D eigenvalue weighted by atomic mass is 9.96. The van der Waals surface area contributed by atoms with Crippen LogP contribution in [0.4, 0.5) is 5.82 Å². The van der Waals surface area contributed by atoms with Crippen molar-refractivity contribution in [3.8, 4) is 0 Å². The molecule has 0 spiro atoms. The molecule has 0 bridgehead atoms. The number of fused-ring (bicyclic) bond motifs is 3. The molecule has 2 atom stereocenters. The molecule has 6 heteroatoms. The van der Waals surface area contributed by atoms with Crippen molar-refractivity contribution in [2.45, 2.75) is 70.5 Å². The van der Waals surface area contributed by atoms with Crippen molar-refractivity contribution in [1.82, 2.24) is 14.9 Å². The van der Waals surface area contributed by atoms with Crippen molar-refractivity contribution in [3.05, 3.63) is 16.3 Å². The van der Waals surface area contributed by atoms with Gasteiger partial charge in [-0.15, -0.1) is 11.3 Å². The molecule has 0 radical (unpaired) electrons. The first-order valence-electron chi connectivity index (χ1n) is 9.19. The molecule has 5 nitrogen and oxygen atoms in total. The van der Waals surface area contributed by atoms with E-state index >= 15 is 0 Å². The highest BCUT2D eigenvalue weighted by molar-refractivity contribution is 7.19. The van der Waals surface area contributed by atoms with Crippen LogP contribution < -0.4 is 11.5 Å². The fourth-order valence-electron chi connectivity index (χ4n) is 4.29. The fraction of sp³-hybridized carbons (Fsp3) is 0.667. The summed E-state index contributed by atoms with van der Waals surface area (Å²) in [4.78, 5) is 14.5. The normalized spacial score (nSPS) is 23.3. The number of aryl methyl sites for hydroxylation is 2. The van der Waals surface area contributed by atoms with E-state index in [4.69, 9.17) is 16.5 Å². The Morgan fingerprint density at radius 1 is 1.21 bits per heavy atom. The van der Waals surface area contributed by atoms with Gasteiger partial charge < -0.3 is 11.5 Å². The van der Waals surface area contributed by atoms with Gasteiger partial charge in [0.2, 0.25) is 0 Å². The number of thiophene rings is 1. The predicted molar refractivity (Wildman–Crippen MR) is 100 cm³/mol. The zero-order valence-electron chi connectivity index (χ0n) is 14.4. The Bertz CT molecular complexity index is 739. The van der Waals surface area contributed by atoms with Gasteiger partial charge in [-0.2, -0.15) is 0 Å². The number of hydrogen-bond acceptors (Lipinski definition) is 6. The number of likely N-dealkylation sites (tertiary alicyclic amines) is 1. The molecule has 1 aliphatic carbocycles. The van der Waals surface area contributed by atoms with Crippen molar-refractivity contribution in [2.75, 3.05) is 12.3 Å². The summed E-state index contributed by atoms with van der Waals surface area (Å²) in [5.41, 5.74) is 13.9. The molecule has 1 fully saturated rings. The van der Waals surface area contributed by atoms with Crippen LogP contribution in [0.1, 0.15) is 55.3 Å². The zero-order chi connectivity index (χ0) is 16.7. The van der Waals surface area contributed by atoms with E-state index < -0.39 is 0 Å². The minimum Gasteiger partial charge on any atom is -0.383 e. The summed E-state index contributed by atoms with van der Waals surface area (Å²) in [5.74, 6) is 1.52. The van der Waals surface area contributed by atoms with Gasteiger partial charge in [-0.25, -0.2) is 9.97 Å². The highest BCUT2D eigenvalue weighted by Gasteiger charge is 2.27. The molecule has 24 heavy (non-hydrogen) atoms. The van der Waals surface area contributed by atoms with Crippen molar-refractivity contribution in [3.63, 3.8) is 0 Å². The second-order valence-corrected chi connectivity index (χ2v) is 8.39. The van der Waals surface area contributed by atoms with E-state index in [0.717, 1.165) is 35.6 Å². The standard InChI is InChI=1S/C18H27N5S/c1-11(19)13-7-4-5-9-23(13)10-15-21-17(20)16-12-6-2-3-8-14(12)24-18(16)22-15/h11,13H,2-10,19H2,1H3,(H2,20,21,22). The maximum atomic E-state index is 6.34. The first kappa shape index (κ1) is 16.2. The molecule has 0 aromatic carbocycles. The van der Waals surface area contributed by atoms with E-state index in [-0.39, 0.29) is 6.04 Å². The van der Waals surface area contributed by atoms with Crippen LogP contribution in [-0.2, 0) is 19.4 Å². The monoisotopic (exact) mass is 345 g/mol. The van der Waals surface area contributed by atoms with Crippen molar-refractivity contribution < 1.29 is 0 Å². The van der Waals surface area contributed by atoms with Gasteiger partial charge in [-0.1, -0.05) is 6.42 Å². The summed E-state index contributed by atoms with van der Waals surface area (Å²) in [5, 5.41) is 1.13. The molecule has 1 saturated heterocycles. The van der Waals surface area contributed by atoms with Crippen molar-refractivity contribution in [2.24, 2.45) is 5.73 Å². The molecule has 2 aromatic rings. The number of hydrogen-bond donors (Lipinski definition) is 2. The third-order valence-electron chi connectivity index (χ3n) is 5.50. The minimum absolute atomic E-state index is 0.181. The van der Waals surface area contributed by atoms with E-state index in [0.29, 0.717) is 11.9 Å². The van der Waals surface area contributed by atoms with E-state index in [9.17, 15) is 0 Å². The first-order chi connectivity index (χ1) is 11.6. The third-order valence-corrected chi connectivity index (χ3v) is 6.69. The molecule has 2 aromatic heterocycles. The van der Waals surface area contributed by atoms with Crippen LogP contribution in [0.2, 0.25) is 0 Å². The summed E-state index contributed by atoms with van der Waals surface area (Å²) >= 11 is 1.82. The fourth-order valence-corrected chi connectivity index (χ4v) is 5.58. The number of nitrogens with two attached hydrogens (primary N) is 2. The van der Waals surface area contributed by atoms with Gasteiger partial charge in [0.1, 0.15) is 16.5 Å². The summed E-state index contributed by atoms with van der Waals surface area (Å²) < 4.78 is 0. The van der Waals surface area contributed by atoms with Crippen LogP contribution in [0.5, 0.6) is 0 Å².